The number of ether oxygens (including phenoxy) is 1. The summed E-state index contributed by atoms with van der Waals surface area (Å²) in [5.74, 6) is 0. The second-order valence-corrected chi connectivity index (χ2v) is 6.07. The Bertz CT molecular complexity index is 318. The zero-order valence-corrected chi connectivity index (χ0v) is 12.3. The molecule has 108 valence electrons. The van der Waals surface area contributed by atoms with Gasteiger partial charge in [-0.1, -0.05) is 6.92 Å². The van der Waals surface area contributed by atoms with E-state index in [-0.39, 0.29) is 5.54 Å². The molecule has 2 unspecified atom stereocenters. The maximum atomic E-state index is 9.48. The average Bonchev–Trinajstić information content (AvgIpc) is 3.07. The SMILES string of the molecule is CCC(C#N)(CCCN(C)C1CCOC1)NC1CC1. The van der Waals surface area contributed by atoms with Crippen LogP contribution in [0, 0.1) is 11.3 Å². The van der Waals surface area contributed by atoms with E-state index in [0.29, 0.717) is 12.1 Å². The maximum Gasteiger partial charge on any atom is 0.106 e. The summed E-state index contributed by atoms with van der Waals surface area (Å²) in [7, 11) is 2.17. The van der Waals surface area contributed by atoms with Gasteiger partial charge in [0.25, 0.3) is 0 Å². The number of nitrogens with zero attached hydrogens (tertiary/aromatic N) is 2. The van der Waals surface area contributed by atoms with Crippen molar-refractivity contribution in [3.8, 4) is 6.07 Å². The normalized spacial score (nSPS) is 26.3. The topological polar surface area (TPSA) is 48.3 Å². The van der Waals surface area contributed by atoms with Crippen molar-refractivity contribution in [2.45, 2.75) is 63.1 Å². The molecule has 0 aromatic carbocycles. The zero-order chi connectivity index (χ0) is 13.7. The van der Waals surface area contributed by atoms with Gasteiger partial charge in [0.05, 0.1) is 12.7 Å². The van der Waals surface area contributed by atoms with E-state index in [2.05, 4.69) is 30.3 Å². The Balaban J connectivity index is 1.73. The maximum absolute atomic E-state index is 9.48. The van der Waals surface area contributed by atoms with Crippen molar-refractivity contribution in [3.05, 3.63) is 0 Å². The Labute approximate surface area is 117 Å². The van der Waals surface area contributed by atoms with Crippen LogP contribution in [0.4, 0.5) is 0 Å². The zero-order valence-electron chi connectivity index (χ0n) is 12.3. The van der Waals surface area contributed by atoms with Crippen molar-refractivity contribution >= 4 is 0 Å². The number of nitrogens with one attached hydrogen (secondary N) is 1. The van der Waals surface area contributed by atoms with Crippen molar-refractivity contribution in [1.82, 2.24) is 10.2 Å². The molecule has 1 heterocycles. The largest absolute Gasteiger partial charge is 0.380 e. The number of hydrogen-bond donors (Lipinski definition) is 1. The molecule has 4 heteroatoms. The molecule has 0 radical (unpaired) electrons. The fourth-order valence-corrected chi connectivity index (χ4v) is 2.82. The Morgan fingerprint density at radius 1 is 1.42 bits per heavy atom. The minimum atomic E-state index is -0.297. The quantitative estimate of drug-likeness (QED) is 0.728. The van der Waals surface area contributed by atoms with Gasteiger partial charge in [0.15, 0.2) is 0 Å². The lowest BCUT2D eigenvalue weighted by Crippen LogP contribution is -2.45. The summed E-state index contributed by atoms with van der Waals surface area (Å²) >= 11 is 0. The van der Waals surface area contributed by atoms with Crippen LogP contribution in [0.1, 0.15) is 45.4 Å². The van der Waals surface area contributed by atoms with E-state index in [1.165, 1.54) is 12.8 Å². The summed E-state index contributed by atoms with van der Waals surface area (Å²) in [5, 5.41) is 13.0. The molecular weight excluding hydrogens is 238 g/mol. The van der Waals surface area contributed by atoms with Crippen LogP contribution >= 0.6 is 0 Å². The molecule has 2 rings (SSSR count). The van der Waals surface area contributed by atoms with Crippen LogP contribution in [-0.4, -0.2) is 49.3 Å². The molecule has 0 aromatic rings. The van der Waals surface area contributed by atoms with Gasteiger partial charge in [-0.2, -0.15) is 5.26 Å². The van der Waals surface area contributed by atoms with Gasteiger partial charge in [-0.3, -0.25) is 5.32 Å². The highest BCUT2D eigenvalue weighted by Gasteiger charge is 2.34. The third-order valence-electron chi connectivity index (χ3n) is 4.52. The van der Waals surface area contributed by atoms with Crippen LogP contribution in [0.5, 0.6) is 0 Å². The van der Waals surface area contributed by atoms with Crippen molar-refractivity contribution < 1.29 is 4.74 Å². The fraction of sp³-hybridized carbons (Fsp3) is 0.933. The van der Waals surface area contributed by atoms with Gasteiger partial charge in [0, 0.05) is 18.7 Å². The highest BCUT2D eigenvalue weighted by molar-refractivity contribution is 5.09. The van der Waals surface area contributed by atoms with E-state index in [1.54, 1.807) is 0 Å². The van der Waals surface area contributed by atoms with Crippen LogP contribution in [0.15, 0.2) is 0 Å². The van der Waals surface area contributed by atoms with E-state index in [9.17, 15) is 5.26 Å². The first kappa shape index (κ1) is 14.8. The molecule has 0 amide bonds. The molecule has 1 N–H and O–H groups in total. The molecule has 2 atom stereocenters. The molecule has 0 spiro atoms. The number of nitriles is 1. The van der Waals surface area contributed by atoms with Gasteiger partial charge < -0.3 is 9.64 Å². The lowest BCUT2D eigenvalue weighted by Gasteiger charge is -2.29. The standard InChI is InChI=1S/C15H27N3O/c1-3-15(12-16,17-13-5-6-13)8-4-9-18(2)14-7-10-19-11-14/h13-14,17H,3-11H2,1-2H3. The second kappa shape index (κ2) is 6.69. The molecule has 2 aliphatic rings. The first-order valence-electron chi connectivity index (χ1n) is 7.66. The smallest absolute Gasteiger partial charge is 0.106 e. The second-order valence-electron chi connectivity index (χ2n) is 6.07. The van der Waals surface area contributed by atoms with Gasteiger partial charge in [-0.25, -0.2) is 0 Å². The Kier molecular flexibility index (Phi) is 5.20. The summed E-state index contributed by atoms with van der Waals surface area (Å²) in [5.41, 5.74) is -0.297. The van der Waals surface area contributed by atoms with Gasteiger partial charge in [0.2, 0.25) is 0 Å². The van der Waals surface area contributed by atoms with Gasteiger partial charge in [0.1, 0.15) is 5.54 Å². The predicted molar refractivity (Wildman–Crippen MR) is 75.9 cm³/mol. The van der Waals surface area contributed by atoms with Crippen LogP contribution in [0.3, 0.4) is 0 Å². The molecular formula is C15H27N3O. The van der Waals surface area contributed by atoms with Gasteiger partial charge >= 0.3 is 0 Å². The Morgan fingerprint density at radius 3 is 2.74 bits per heavy atom. The third kappa shape index (κ3) is 4.17. The van der Waals surface area contributed by atoms with E-state index >= 15 is 0 Å². The molecule has 0 bridgehead atoms. The fourth-order valence-electron chi connectivity index (χ4n) is 2.82. The van der Waals surface area contributed by atoms with Gasteiger partial charge in [-0.15, -0.1) is 0 Å². The summed E-state index contributed by atoms with van der Waals surface area (Å²) in [6.45, 7) is 4.94. The van der Waals surface area contributed by atoms with Crippen LogP contribution in [0.25, 0.3) is 0 Å². The predicted octanol–water partition coefficient (Wildman–Crippen LogP) is 1.91. The lowest BCUT2D eigenvalue weighted by molar-refractivity contribution is 0.156. The summed E-state index contributed by atoms with van der Waals surface area (Å²) in [6, 6.07) is 3.70. The highest BCUT2D eigenvalue weighted by atomic mass is 16.5. The minimum absolute atomic E-state index is 0.297. The van der Waals surface area contributed by atoms with E-state index in [1.807, 2.05) is 0 Å². The molecule has 2 fully saturated rings. The molecule has 0 aromatic heterocycles. The third-order valence-corrected chi connectivity index (χ3v) is 4.52. The molecule has 1 aliphatic carbocycles. The minimum Gasteiger partial charge on any atom is -0.380 e. The van der Waals surface area contributed by atoms with Crippen LogP contribution < -0.4 is 5.32 Å². The summed E-state index contributed by atoms with van der Waals surface area (Å²) < 4.78 is 5.42. The van der Waals surface area contributed by atoms with E-state index in [4.69, 9.17) is 4.74 Å². The molecule has 19 heavy (non-hydrogen) atoms. The molecule has 4 nitrogen and oxygen atoms in total. The summed E-state index contributed by atoms with van der Waals surface area (Å²) in [4.78, 5) is 2.39. The lowest BCUT2D eigenvalue weighted by atomic mass is 9.91. The number of likely N-dealkylation sites (N-methyl/N-ethyl adjacent to an activating group) is 1. The van der Waals surface area contributed by atoms with E-state index in [0.717, 1.165) is 45.4 Å². The first-order chi connectivity index (χ1) is 9.19. The van der Waals surface area contributed by atoms with Crippen molar-refractivity contribution in [1.29, 1.82) is 5.26 Å². The first-order valence-corrected chi connectivity index (χ1v) is 7.66. The number of rotatable bonds is 8. The summed E-state index contributed by atoms with van der Waals surface area (Å²) in [6.07, 6.45) is 6.55. The van der Waals surface area contributed by atoms with Crippen LogP contribution in [-0.2, 0) is 4.74 Å². The van der Waals surface area contributed by atoms with Crippen molar-refractivity contribution in [3.63, 3.8) is 0 Å². The Morgan fingerprint density at radius 2 is 2.21 bits per heavy atom. The highest BCUT2D eigenvalue weighted by Crippen LogP contribution is 2.26. The van der Waals surface area contributed by atoms with Gasteiger partial charge in [-0.05, 0) is 52.1 Å². The monoisotopic (exact) mass is 265 g/mol. The molecule has 1 aliphatic heterocycles. The molecule has 1 saturated heterocycles. The number of hydrogen-bond acceptors (Lipinski definition) is 4. The average molecular weight is 265 g/mol. The van der Waals surface area contributed by atoms with Crippen molar-refractivity contribution in [2.24, 2.45) is 0 Å². The van der Waals surface area contributed by atoms with Crippen molar-refractivity contribution in [2.75, 3.05) is 26.8 Å². The van der Waals surface area contributed by atoms with Crippen LogP contribution in [0.2, 0.25) is 0 Å². The van der Waals surface area contributed by atoms with E-state index < -0.39 is 0 Å². The molecule has 1 saturated carbocycles. The Hall–Kier alpha value is -0.630.